The minimum absolute atomic E-state index is 0.420. The van der Waals surface area contributed by atoms with E-state index < -0.39 is 0 Å². The molecule has 1 heterocycles. The van der Waals surface area contributed by atoms with E-state index >= 15 is 0 Å². The lowest BCUT2D eigenvalue weighted by molar-refractivity contribution is 0.400. The maximum atomic E-state index is 4.70. The number of halogens is 1. The van der Waals surface area contributed by atoms with Gasteiger partial charge in [0.2, 0.25) is 0 Å². The van der Waals surface area contributed by atoms with Crippen molar-refractivity contribution in [1.29, 1.82) is 0 Å². The van der Waals surface area contributed by atoms with Crippen LogP contribution in [0.25, 0.3) is 0 Å². The van der Waals surface area contributed by atoms with Crippen LogP contribution in [0.2, 0.25) is 0 Å². The third-order valence-corrected chi connectivity index (χ3v) is 3.93. The number of anilines is 1. The van der Waals surface area contributed by atoms with E-state index in [1.165, 1.54) is 19.3 Å². The van der Waals surface area contributed by atoms with Gasteiger partial charge in [-0.25, -0.2) is 9.97 Å². The Morgan fingerprint density at radius 2 is 2.00 bits per heavy atom. The molecule has 1 aliphatic rings. The van der Waals surface area contributed by atoms with Gasteiger partial charge in [0.05, 0.1) is 10.2 Å². The molecule has 1 aromatic rings. The summed E-state index contributed by atoms with van der Waals surface area (Å²) in [6, 6.07) is 0. The van der Waals surface area contributed by atoms with Crippen molar-refractivity contribution in [2.75, 3.05) is 12.4 Å². The molecule has 0 radical (unpaired) electrons. The van der Waals surface area contributed by atoms with Crippen LogP contribution in [0.5, 0.6) is 0 Å². The molecule has 3 nitrogen and oxygen atoms in total. The Labute approximate surface area is 105 Å². The van der Waals surface area contributed by atoms with Crippen molar-refractivity contribution in [2.24, 2.45) is 0 Å². The second-order valence-electron chi connectivity index (χ2n) is 4.66. The van der Waals surface area contributed by atoms with Gasteiger partial charge in [0.25, 0.3) is 0 Å². The lowest BCUT2D eigenvalue weighted by Crippen LogP contribution is -2.15. The largest absolute Gasteiger partial charge is 0.372 e. The first-order valence-electron chi connectivity index (χ1n) is 5.88. The Morgan fingerprint density at radius 1 is 1.31 bits per heavy atom. The van der Waals surface area contributed by atoms with Gasteiger partial charge in [-0.05, 0) is 34.7 Å². The van der Waals surface area contributed by atoms with Crippen LogP contribution in [-0.2, 0) is 0 Å². The number of nitrogens with one attached hydrogen (secondary N) is 1. The van der Waals surface area contributed by atoms with Crippen LogP contribution in [0.4, 0.5) is 5.82 Å². The molecule has 0 saturated heterocycles. The van der Waals surface area contributed by atoms with Crippen molar-refractivity contribution in [1.82, 2.24) is 9.97 Å². The number of aromatic nitrogens is 2. The van der Waals surface area contributed by atoms with Crippen LogP contribution in [0.3, 0.4) is 0 Å². The van der Waals surface area contributed by atoms with Gasteiger partial charge >= 0.3 is 0 Å². The van der Waals surface area contributed by atoms with E-state index in [4.69, 9.17) is 4.98 Å². The molecule has 1 N–H and O–H groups in total. The Balaban J connectivity index is 2.43. The van der Waals surface area contributed by atoms with E-state index in [2.05, 4.69) is 40.1 Å². The van der Waals surface area contributed by atoms with E-state index in [9.17, 15) is 0 Å². The second-order valence-corrected chi connectivity index (χ2v) is 5.46. The normalized spacial score (nSPS) is 16.3. The predicted molar refractivity (Wildman–Crippen MR) is 70.0 cm³/mol. The molecule has 0 atom stereocenters. The van der Waals surface area contributed by atoms with Gasteiger partial charge in [0.1, 0.15) is 11.6 Å². The molecule has 1 aliphatic carbocycles. The van der Waals surface area contributed by atoms with Crippen molar-refractivity contribution < 1.29 is 0 Å². The predicted octanol–water partition coefficient (Wildman–Crippen LogP) is 3.67. The molecular formula is C12H18BrN3. The highest BCUT2D eigenvalue weighted by molar-refractivity contribution is 9.10. The van der Waals surface area contributed by atoms with Crippen LogP contribution in [0.15, 0.2) is 4.47 Å². The lowest BCUT2D eigenvalue weighted by atomic mass is 9.84. The zero-order chi connectivity index (χ0) is 11.7. The first-order chi connectivity index (χ1) is 7.63. The quantitative estimate of drug-likeness (QED) is 0.920. The van der Waals surface area contributed by atoms with Crippen LogP contribution in [0.1, 0.15) is 56.5 Å². The molecule has 0 aliphatic heterocycles. The minimum Gasteiger partial charge on any atom is -0.372 e. The average molecular weight is 284 g/mol. The minimum atomic E-state index is 0.420. The summed E-state index contributed by atoms with van der Waals surface area (Å²) >= 11 is 3.58. The zero-order valence-electron chi connectivity index (χ0n) is 10.0. The maximum absolute atomic E-state index is 4.70. The van der Waals surface area contributed by atoms with Gasteiger partial charge < -0.3 is 5.32 Å². The Hall–Kier alpha value is -0.640. The summed E-state index contributed by atoms with van der Waals surface area (Å²) in [7, 11) is 1.90. The van der Waals surface area contributed by atoms with Gasteiger partial charge in [0.15, 0.2) is 0 Å². The number of hydrogen-bond acceptors (Lipinski definition) is 3. The molecule has 1 saturated carbocycles. The second kappa shape index (κ2) is 4.70. The molecule has 16 heavy (non-hydrogen) atoms. The van der Waals surface area contributed by atoms with E-state index in [0.29, 0.717) is 11.8 Å². The highest BCUT2D eigenvalue weighted by Gasteiger charge is 2.25. The van der Waals surface area contributed by atoms with E-state index in [-0.39, 0.29) is 0 Å². The average Bonchev–Trinajstić information content (AvgIpc) is 2.17. The molecule has 0 amide bonds. The van der Waals surface area contributed by atoms with Crippen molar-refractivity contribution in [3.8, 4) is 0 Å². The topological polar surface area (TPSA) is 37.8 Å². The molecule has 4 heteroatoms. The van der Waals surface area contributed by atoms with Crippen molar-refractivity contribution in [3.63, 3.8) is 0 Å². The monoisotopic (exact) mass is 283 g/mol. The third kappa shape index (κ3) is 2.08. The molecule has 2 rings (SSSR count). The molecule has 0 unspecified atom stereocenters. The summed E-state index contributed by atoms with van der Waals surface area (Å²) in [6.45, 7) is 4.33. The van der Waals surface area contributed by atoms with Gasteiger partial charge in [-0.1, -0.05) is 20.3 Å². The summed E-state index contributed by atoms with van der Waals surface area (Å²) in [5.41, 5.74) is 1.11. The standard InChI is InChI=1S/C12H18BrN3/c1-7(2)10-9(13)12(14-3)16-11(15-10)8-5-4-6-8/h7-8H,4-6H2,1-3H3,(H,14,15,16). The van der Waals surface area contributed by atoms with Crippen molar-refractivity contribution in [2.45, 2.75) is 44.9 Å². The van der Waals surface area contributed by atoms with Gasteiger partial charge in [-0.3, -0.25) is 0 Å². The Morgan fingerprint density at radius 3 is 2.44 bits per heavy atom. The summed E-state index contributed by atoms with van der Waals surface area (Å²) < 4.78 is 1.01. The lowest BCUT2D eigenvalue weighted by Gasteiger charge is -2.25. The smallest absolute Gasteiger partial charge is 0.144 e. The van der Waals surface area contributed by atoms with Crippen LogP contribution in [0, 0.1) is 0 Å². The summed E-state index contributed by atoms with van der Waals surface area (Å²) in [6.07, 6.45) is 3.79. The summed E-state index contributed by atoms with van der Waals surface area (Å²) in [5.74, 6) is 2.93. The fourth-order valence-corrected chi connectivity index (χ4v) is 2.71. The molecule has 88 valence electrons. The van der Waals surface area contributed by atoms with E-state index in [1.807, 2.05) is 7.05 Å². The Kier molecular flexibility index (Phi) is 3.47. The fraction of sp³-hybridized carbons (Fsp3) is 0.667. The molecule has 0 bridgehead atoms. The molecule has 1 fully saturated rings. The van der Waals surface area contributed by atoms with Crippen molar-refractivity contribution >= 4 is 21.7 Å². The van der Waals surface area contributed by atoms with Crippen LogP contribution < -0.4 is 5.32 Å². The Bertz CT molecular complexity index is 386. The third-order valence-electron chi connectivity index (χ3n) is 3.15. The number of hydrogen-bond donors (Lipinski definition) is 1. The fourth-order valence-electron chi connectivity index (χ4n) is 1.88. The maximum Gasteiger partial charge on any atom is 0.144 e. The SMILES string of the molecule is CNc1nc(C2CCC2)nc(C(C)C)c1Br. The first-order valence-corrected chi connectivity index (χ1v) is 6.67. The molecular weight excluding hydrogens is 266 g/mol. The molecule has 0 spiro atoms. The van der Waals surface area contributed by atoms with Gasteiger partial charge in [0, 0.05) is 13.0 Å². The molecule has 0 aromatic carbocycles. The first kappa shape index (κ1) is 11.8. The van der Waals surface area contributed by atoms with E-state index in [0.717, 1.165) is 21.8 Å². The number of rotatable bonds is 3. The van der Waals surface area contributed by atoms with Gasteiger partial charge in [-0.2, -0.15) is 0 Å². The number of nitrogens with zero attached hydrogens (tertiary/aromatic N) is 2. The van der Waals surface area contributed by atoms with Gasteiger partial charge in [-0.15, -0.1) is 0 Å². The zero-order valence-corrected chi connectivity index (χ0v) is 11.6. The van der Waals surface area contributed by atoms with E-state index in [1.54, 1.807) is 0 Å². The summed E-state index contributed by atoms with van der Waals surface area (Å²) in [4.78, 5) is 9.29. The highest BCUT2D eigenvalue weighted by atomic mass is 79.9. The van der Waals surface area contributed by atoms with Crippen molar-refractivity contribution in [3.05, 3.63) is 16.0 Å². The molecule has 1 aromatic heterocycles. The van der Waals surface area contributed by atoms with Crippen LogP contribution in [-0.4, -0.2) is 17.0 Å². The summed E-state index contributed by atoms with van der Waals surface area (Å²) in [5, 5.41) is 3.14. The van der Waals surface area contributed by atoms with Crippen LogP contribution >= 0.6 is 15.9 Å². The highest BCUT2D eigenvalue weighted by Crippen LogP contribution is 2.37.